The van der Waals surface area contributed by atoms with Gasteiger partial charge >= 0.3 is 0 Å². The predicted octanol–water partition coefficient (Wildman–Crippen LogP) is 1.36. The van der Waals surface area contributed by atoms with Crippen LogP contribution in [0, 0.1) is 5.92 Å². The highest BCUT2D eigenvalue weighted by atomic mass is 16.1. The lowest BCUT2D eigenvalue weighted by atomic mass is 10.2. The summed E-state index contributed by atoms with van der Waals surface area (Å²) in [4.78, 5) is 21.0. The fourth-order valence-electron chi connectivity index (χ4n) is 2.85. The van der Waals surface area contributed by atoms with Crippen LogP contribution in [0.2, 0.25) is 0 Å². The molecule has 0 radical (unpaired) electrons. The van der Waals surface area contributed by atoms with Crippen LogP contribution >= 0.6 is 0 Å². The summed E-state index contributed by atoms with van der Waals surface area (Å²) in [6.45, 7) is 3.32. The molecule has 2 heterocycles. The van der Waals surface area contributed by atoms with Crippen LogP contribution in [0.1, 0.15) is 29.6 Å². The van der Waals surface area contributed by atoms with Gasteiger partial charge in [0.05, 0.1) is 0 Å². The SMILES string of the molecule is CN(C)c1cc(C(=O)NC2CCN(CC3CC3)C2)ccn1. The Hall–Kier alpha value is -1.62. The number of pyridine rings is 1. The van der Waals surface area contributed by atoms with Gasteiger partial charge in [0.25, 0.3) is 5.91 Å². The molecule has 1 unspecified atom stereocenters. The highest BCUT2D eigenvalue weighted by Crippen LogP contribution is 2.30. The maximum Gasteiger partial charge on any atom is 0.251 e. The van der Waals surface area contributed by atoms with Crippen molar-refractivity contribution in [2.45, 2.75) is 25.3 Å². The molecule has 0 spiro atoms. The maximum absolute atomic E-state index is 12.3. The van der Waals surface area contributed by atoms with Crippen LogP contribution in [0.15, 0.2) is 18.3 Å². The zero-order chi connectivity index (χ0) is 14.8. The molecule has 2 fully saturated rings. The fraction of sp³-hybridized carbons (Fsp3) is 0.625. The summed E-state index contributed by atoms with van der Waals surface area (Å²) >= 11 is 0. The third-order valence-corrected chi connectivity index (χ3v) is 4.29. The zero-order valence-electron chi connectivity index (χ0n) is 12.9. The molecule has 1 aliphatic carbocycles. The summed E-state index contributed by atoms with van der Waals surface area (Å²) in [6, 6.07) is 3.90. The van der Waals surface area contributed by atoms with E-state index in [1.807, 2.05) is 25.1 Å². The lowest BCUT2D eigenvalue weighted by Crippen LogP contribution is -2.37. The molecule has 0 bridgehead atoms. The van der Waals surface area contributed by atoms with Crippen molar-refractivity contribution in [3.05, 3.63) is 23.9 Å². The topological polar surface area (TPSA) is 48.5 Å². The molecule has 21 heavy (non-hydrogen) atoms. The normalized spacial score (nSPS) is 22.3. The molecular formula is C16H24N4O. The van der Waals surface area contributed by atoms with Gasteiger partial charge in [-0.15, -0.1) is 0 Å². The first-order valence-electron chi connectivity index (χ1n) is 7.78. The quantitative estimate of drug-likeness (QED) is 0.889. The highest BCUT2D eigenvalue weighted by molar-refractivity contribution is 5.95. The Morgan fingerprint density at radius 1 is 1.43 bits per heavy atom. The second kappa shape index (κ2) is 6.02. The van der Waals surface area contributed by atoms with E-state index in [4.69, 9.17) is 0 Å². The number of carbonyl (C=O) groups excluding carboxylic acids is 1. The number of amides is 1. The third-order valence-electron chi connectivity index (χ3n) is 4.29. The number of hydrogen-bond acceptors (Lipinski definition) is 4. The Morgan fingerprint density at radius 3 is 2.95 bits per heavy atom. The van der Waals surface area contributed by atoms with Gasteiger partial charge < -0.3 is 15.1 Å². The summed E-state index contributed by atoms with van der Waals surface area (Å²) in [6.07, 6.45) is 5.53. The number of aromatic nitrogens is 1. The van der Waals surface area contributed by atoms with Crippen LogP contribution in [0.4, 0.5) is 5.82 Å². The van der Waals surface area contributed by atoms with E-state index in [-0.39, 0.29) is 11.9 Å². The van der Waals surface area contributed by atoms with E-state index in [0.29, 0.717) is 5.56 Å². The van der Waals surface area contributed by atoms with Crippen molar-refractivity contribution in [1.29, 1.82) is 0 Å². The highest BCUT2D eigenvalue weighted by Gasteiger charge is 2.29. The molecule has 5 nitrogen and oxygen atoms in total. The fourth-order valence-corrected chi connectivity index (χ4v) is 2.85. The van der Waals surface area contributed by atoms with Gasteiger partial charge in [-0.1, -0.05) is 0 Å². The van der Waals surface area contributed by atoms with Crippen molar-refractivity contribution in [1.82, 2.24) is 15.2 Å². The number of rotatable bonds is 5. The Labute approximate surface area is 126 Å². The molecule has 3 rings (SSSR count). The summed E-state index contributed by atoms with van der Waals surface area (Å²) in [5.41, 5.74) is 0.689. The zero-order valence-corrected chi connectivity index (χ0v) is 12.9. The van der Waals surface area contributed by atoms with E-state index in [1.54, 1.807) is 12.3 Å². The van der Waals surface area contributed by atoms with Gasteiger partial charge in [0, 0.05) is 51.5 Å². The predicted molar refractivity (Wildman–Crippen MR) is 83.6 cm³/mol. The number of nitrogens with one attached hydrogen (secondary N) is 1. The monoisotopic (exact) mass is 288 g/mol. The van der Waals surface area contributed by atoms with E-state index in [9.17, 15) is 4.79 Å². The van der Waals surface area contributed by atoms with Crippen LogP contribution in [-0.4, -0.2) is 55.6 Å². The molecule has 1 atom stereocenters. The molecule has 2 aliphatic rings. The minimum Gasteiger partial charge on any atom is -0.363 e. The van der Waals surface area contributed by atoms with Gasteiger partial charge in [0.15, 0.2) is 0 Å². The van der Waals surface area contributed by atoms with E-state index in [2.05, 4.69) is 15.2 Å². The number of anilines is 1. The maximum atomic E-state index is 12.3. The average Bonchev–Trinajstić information content (AvgIpc) is 3.18. The molecule has 1 saturated carbocycles. The standard InChI is InChI=1S/C16H24N4O/c1-19(2)15-9-13(5-7-17-15)16(21)18-14-6-8-20(11-14)10-12-3-4-12/h5,7,9,12,14H,3-4,6,8,10-11H2,1-2H3,(H,18,21). The Kier molecular flexibility index (Phi) is 4.10. The van der Waals surface area contributed by atoms with E-state index < -0.39 is 0 Å². The molecule has 0 aromatic carbocycles. The minimum atomic E-state index is 0.0128. The second-order valence-electron chi connectivity index (χ2n) is 6.46. The molecule has 5 heteroatoms. The largest absolute Gasteiger partial charge is 0.363 e. The first-order valence-corrected chi connectivity index (χ1v) is 7.78. The van der Waals surface area contributed by atoms with Crippen LogP contribution < -0.4 is 10.2 Å². The number of hydrogen-bond donors (Lipinski definition) is 1. The molecule has 114 valence electrons. The van der Waals surface area contributed by atoms with Crippen molar-refractivity contribution in [3.63, 3.8) is 0 Å². The number of likely N-dealkylation sites (tertiary alicyclic amines) is 1. The molecule has 1 saturated heterocycles. The van der Waals surface area contributed by atoms with Crippen molar-refractivity contribution >= 4 is 11.7 Å². The van der Waals surface area contributed by atoms with Crippen LogP contribution in [0.25, 0.3) is 0 Å². The molecule has 1 aliphatic heterocycles. The first kappa shape index (κ1) is 14.3. The lowest BCUT2D eigenvalue weighted by Gasteiger charge is -2.17. The molecule has 1 aromatic rings. The molecular weight excluding hydrogens is 264 g/mol. The average molecular weight is 288 g/mol. The first-order chi connectivity index (χ1) is 10.1. The summed E-state index contributed by atoms with van der Waals surface area (Å²) in [5, 5.41) is 3.16. The molecule has 1 N–H and O–H groups in total. The van der Waals surface area contributed by atoms with E-state index in [1.165, 1.54) is 19.4 Å². The van der Waals surface area contributed by atoms with E-state index >= 15 is 0 Å². The van der Waals surface area contributed by atoms with Gasteiger partial charge in [-0.05, 0) is 37.3 Å². The van der Waals surface area contributed by atoms with Crippen molar-refractivity contribution in [2.75, 3.05) is 38.6 Å². The van der Waals surface area contributed by atoms with Crippen molar-refractivity contribution in [2.24, 2.45) is 5.92 Å². The second-order valence-corrected chi connectivity index (χ2v) is 6.46. The van der Waals surface area contributed by atoms with Gasteiger partial charge in [-0.25, -0.2) is 4.98 Å². The molecule has 1 amide bonds. The Bertz CT molecular complexity index is 513. The minimum absolute atomic E-state index is 0.0128. The summed E-state index contributed by atoms with van der Waals surface area (Å²) in [5.74, 6) is 1.74. The van der Waals surface area contributed by atoms with Gasteiger partial charge in [0.2, 0.25) is 0 Å². The summed E-state index contributed by atoms with van der Waals surface area (Å²) in [7, 11) is 3.85. The smallest absolute Gasteiger partial charge is 0.251 e. The Morgan fingerprint density at radius 2 is 2.24 bits per heavy atom. The molecule has 1 aromatic heterocycles. The summed E-state index contributed by atoms with van der Waals surface area (Å²) < 4.78 is 0. The van der Waals surface area contributed by atoms with Gasteiger partial charge in [-0.2, -0.15) is 0 Å². The van der Waals surface area contributed by atoms with E-state index in [0.717, 1.165) is 31.2 Å². The van der Waals surface area contributed by atoms with Crippen LogP contribution in [-0.2, 0) is 0 Å². The number of carbonyl (C=O) groups is 1. The van der Waals surface area contributed by atoms with Crippen molar-refractivity contribution in [3.8, 4) is 0 Å². The Balaban J connectivity index is 1.55. The van der Waals surface area contributed by atoms with Gasteiger partial charge in [0.1, 0.15) is 5.82 Å². The van der Waals surface area contributed by atoms with Crippen LogP contribution in [0.3, 0.4) is 0 Å². The van der Waals surface area contributed by atoms with Crippen LogP contribution in [0.5, 0.6) is 0 Å². The lowest BCUT2D eigenvalue weighted by molar-refractivity contribution is 0.0937. The third kappa shape index (κ3) is 3.73. The van der Waals surface area contributed by atoms with Gasteiger partial charge in [-0.3, -0.25) is 4.79 Å². The number of nitrogens with zero attached hydrogens (tertiary/aromatic N) is 3. The van der Waals surface area contributed by atoms with Crippen molar-refractivity contribution < 1.29 is 4.79 Å².